The minimum atomic E-state index is 0.356. The van der Waals surface area contributed by atoms with Crippen LogP contribution in [0.1, 0.15) is 11.1 Å². The first-order valence-corrected chi connectivity index (χ1v) is 9.84. The highest BCUT2D eigenvalue weighted by Crippen LogP contribution is 2.37. The summed E-state index contributed by atoms with van der Waals surface area (Å²) in [4.78, 5) is 0. The second-order valence-corrected chi connectivity index (χ2v) is 7.55. The van der Waals surface area contributed by atoms with Crippen molar-refractivity contribution in [2.45, 2.75) is 13.2 Å². The summed E-state index contributed by atoms with van der Waals surface area (Å²) in [6, 6.07) is 19.2. The van der Waals surface area contributed by atoms with Crippen molar-refractivity contribution in [1.29, 1.82) is 0 Å². The average Bonchev–Trinajstić information content (AvgIpc) is 2.66. The van der Waals surface area contributed by atoms with Crippen LogP contribution in [-0.4, -0.2) is 7.11 Å². The van der Waals surface area contributed by atoms with E-state index in [0.29, 0.717) is 34.7 Å². The lowest BCUT2D eigenvalue weighted by molar-refractivity contribution is 0.282. The number of ether oxygens (including phenoxy) is 2. The summed E-state index contributed by atoms with van der Waals surface area (Å²) in [5.74, 6) is 1.29. The molecule has 0 unspecified atom stereocenters. The second-order valence-electron chi connectivity index (χ2n) is 5.85. The zero-order valence-electron chi connectivity index (χ0n) is 14.6. The monoisotopic (exact) mass is 465 g/mol. The Hall–Kier alpha value is -1.88. The minimum absolute atomic E-state index is 0.356. The van der Waals surface area contributed by atoms with Gasteiger partial charge >= 0.3 is 0 Å². The summed E-state index contributed by atoms with van der Waals surface area (Å²) in [6.45, 7) is 0.981. The molecule has 140 valence electrons. The lowest BCUT2D eigenvalue weighted by atomic mass is 10.2. The van der Waals surface area contributed by atoms with Crippen LogP contribution in [-0.2, 0) is 13.2 Å². The molecule has 3 aromatic carbocycles. The first-order chi connectivity index (χ1) is 13.1. The number of halogens is 3. The highest BCUT2D eigenvalue weighted by Gasteiger charge is 2.13. The maximum Gasteiger partial charge on any atom is 0.175 e. The topological polar surface area (TPSA) is 30.5 Å². The number of benzene rings is 3. The van der Waals surface area contributed by atoms with Gasteiger partial charge in [-0.05, 0) is 57.9 Å². The molecule has 0 fully saturated rings. The number of nitrogens with one attached hydrogen (secondary N) is 1. The van der Waals surface area contributed by atoms with Crippen molar-refractivity contribution in [3.63, 3.8) is 0 Å². The molecule has 27 heavy (non-hydrogen) atoms. The van der Waals surface area contributed by atoms with Gasteiger partial charge in [-0.2, -0.15) is 0 Å². The number of anilines is 1. The van der Waals surface area contributed by atoms with Gasteiger partial charge in [-0.3, -0.25) is 0 Å². The van der Waals surface area contributed by atoms with E-state index in [1.165, 1.54) is 0 Å². The zero-order chi connectivity index (χ0) is 19.2. The van der Waals surface area contributed by atoms with E-state index >= 15 is 0 Å². The van der Waals surface area contributed by atoms with Gasteiger partial charge in [-0.15, -0.1) is 0 Å². The van der Waals surface area contributed by atoms with Gasteiger partial charge in [-0.25, -0.2) is 0 Å². The van der Waals surface area contributed by atoms with Crippen LogP contribution in [0.25, 0.3) is 0 Å². The number of rotatable bonds is 7. The Morgan fingerprint density at radius 2 is 1.81 bits per heavy atom. The van der Waals surface area contributed by atoms with Crippen LogP contribution in [0.15, 0.2) is 65.1 Å². The van der Waals surface area contributed by atoms with E-state index in [1.807, 2.05) is 60.7 Å². The van der Waals surface area contributed by atoms with Crippen LogP contribution < -0.4 is 14.8 Å². The third kappa shape index (κ3) is 5.32. The molecule has 0 aromatic heterocycles. The molecule has 0 aliphatic rings. The van der Waals surface area contributed by atoms with Crippen LogP contribution in [0.5, 0.6) is 11.5 Å². The second kappa shape index (κ2) is 9.36. The number of hydrogen-bond acceptors (Lipinski definition) is 3. The Morgan fingerprint density at radius 1 is 1.00 bits per heavy atom. The van der Waals surface area contributed by atoms with Crippen molar-refractivity contribution in [2.24, 2.45) is 0 Å². The fourth-order valence-corrected chi connectivity index (χ4v) is 3.57. The van der Waals surface area contributed by atoms with Crippen LogP contribution in [0.2, 0.25) is 10.0 Å². The predicted octanol–water partition coefficient (Wildman–Crippen LogP) is 6.96. The van der Waals surface area contributed by atoms with Gasteiger partial charge in [0, 0.05) is 27.8 Å². The Morgan fingerprint density at radius 3 is 2.56 bits per heavy atom. The fraction of sp³-hybridized carbons (Fsp3) is 0.143. The van der Waals surface area contributed by atoms with Gasteiger partial charge in [0.1, 0.15) is 6.61 Å². The van der Waals surface area contributed by atoms with Crippen LogP contribution >= 0.6 is 39.1 Å². The highest BCUT2D eigenvalue weighted by molar-refractivity contribution is 9.10. The van der Waals surface area contributed by atoms with E-state index in [-0.39, 0.29) is 0 Å². The fourth-order valence-electron chi connectivity index (χ4n) is 2.58. The minimum Gasteiger partial charge on any atom is -0.493 e. The van der Waals surface area contributed by atoms with Gasteiger partial charge in [0.05, 0.1) is 11.6 Å². The Labute approximate surface area is 177 Å². The summed E-state index contributed by atoms with van der Waals surface area (Å²) >= 11 is 15.8. The SMILES string of the molecule is COc1cc(CNc2cccc(Cl)c2)cc(Br)c1OCc1ccccc1Cl. The molecule has 0 saturated carbocycles. The summed E-state index contributed by atoms with van der Waals surface area (Å²) in [5, 5.41) is 4.72. The quantitative estimate of drug-likeness (QED) is 0.408. The summed E-state index contributed by atoms with van der Waals surface area (Å²) in [6.07, 6.45) is 0. The lowest BCUT2D eigenvalue weighted by Crippen LogP contribution is -2.03. The molecule has 0 amide bonds. The molecule has 0 spiro atoms. The van der Waals surface area contributed by atoms with Crippen molar-refractivity contribution < 1.29 is 9.47 Å². The molecular weight excluding hydrogens is 449 g/mol. The van der Waals surface area contributed by atoms with Crippen LogP contribution in [0.3, 0.4) is 0 Å². The molecule has 0 saturated heterocycles. The van der Waals surface area contributed by atoms with E-state index in [1.54, 1.807) is 7.11 Å². The molecule has 0 atom stereocenters. The van der Waals surface area contributed by atoms with Crippen LogP contribution in [0, 0.1) is 0 Å². The molecule has 0 aliphatic heterocycles. The molecule has 0 radical (unpaired) electrons. The Bertz CT molecular complexity index is 934. The van der Waals surface area contributed by atoms with E-state index in [4.69, 9.17) is 32.7 Å². The van der Waals surface area contributed by atoms with E-state index < -0.39 is 0 Å². The number of hydrogen-bond donors (Lipinski definition) is 1. The number of methoxy groups -OCH3 is 1. The zero-order valence-corrected chi connectivity index (χ0v) is 17.7. The largest absolute Gasteiger partial charge is 0.493 e. The molecule has 0 aliphatic carbocycles. The first-order valence-electron chi connectivity index (χ1n) is 8.29. The third-order valence-corrected chi connectivity index (χ3v) is 5.13. The molecule has 3 aromatic rings. The molecular formula is C21H18BrCl2NO2. The third-order valence-electron chi connectivity index (χ3n) is 3.94. The van der Waals surface area contributed by atoms with E-state index in [0.717, 1.165) is 21.3 Å². The van der Waals surface area contributed by atoms with Crippen molar-refractivity contribution >= 4 is 44.8 Å². The standard InChI is InChI=1S/C21H18BrCl2NO2/c1-26-20-10-14(12-25-17-7-4-6-16(23)11-17)9-18(22)21(20)27-13-15-5-2-3-8-19(15)24/h2-11,25H,12-13H2,1H3. The lowest BCUT2D eigenvalue weighted by Gasteiger charge is -2.15. The summed E-state index contributed by atoms with van der Waals surface area (Å²) in [5.41, 5.74) is 2.92. The van der Waals surface area contributed by atoms with Gasteiger partial charge in [0.25, 0.3) is 0 Å². The van der Waals surface area contributed by atoms with Gasteiger partial charge in [0.2, 0.25) is 0 Å². The van der Waals surface area contributed by atoms with E-state index in [9.17, 15) is 0 Å². The van der Waals surface area contributed by atoms with Gasteiger partial charge in [-0.1, -0.05) is 47.5 Å². The maximum atomic E-state index is 6.20. The summed E-state index contributed by atoms with van der Waals surface area (Å²) < 4.78 is 12.3. The molecule has 6 heteroatoms. The molecule has 1 N–H and O–H groups in total. The maximum absolute atomic E-state index is 6.20. The van der Waals surface area contributed by atoms with Crippen LogP contribution in [0.4, 0.5) is 5.69 Å². The Balaban J connectivity index is 1.73. The van der Waals surface area contributed by atoms with Gasteiger partial charge in [0.15, 0.2) is 11.5 Å². The molecule has 3 nitrogen and oxygen atoms in total. The molecule has 0 heterocycles. The van der Waals surface area contributed by atoms with Crippen molar-refractivity contribution in [3.8, 4) is 11.5 Å². The molecule has 3 rings (SSSR count). The molecule has 0 bridgehead atoms. The first kappa shape index (κ1) is 19.9. The van der Waals surface area contributed by atoms with Crippen molar-refractivity contribution in [2.75, 3.05) is 12.4 Å². The predicted molar refractivity (Wildman–Crippen MR) is 115 cm³/mol. The average molecular weight is 467 g/mol. The van der Waals surface area contributed by atoms with Crippen molar-refractivity contribution in [1.82, 2.24) is 0 Å². The summed E-state index contributed by atoms with van der Waals surface area (Å²) in [7, 11) is 1.62. The van der Waals surface area contributed by atoms with Crippen molar-refractivity contribution in [3.05, 3.63) is 86.3 Å². The smallest absolute Gasteiger partial charge is 0.175 e. The highest BCUT2D eigenvalue weighted by atomic mass is 79.9. The van der Waals surface area contributed by atoms with Gasteiger partial charge < -0.3 is 14.8 Å². The van der Waals surface area contributed by atoms with E-state index in [2.05, 4.69) is 21.2 Å². The normalized spacial score (nSPS) is 10.5. The Kier molecular flexibility index (Phi) is 6.89.